The van der Waals surface area contributed by atoms with E-state index in [4.69, 9.17) is 46.4 Å². The van der Waals surface area contributed by atoms with Crippen molar-refractivity contribution in [2.24, 2.45) is 0 Å². The van der Waals surface area contributed by atoms with Crippen LogP contribution in [0.5, 0.6) is 5.88 Å². The second-order valence-electron chi connectivity index (χ2n) is 14.6. The van der Waals surface area contributed by atoms with Crippen molar-refractivity contribution in [3.8, 4) is 5.88 Å². The summed E-state index contributed by atoms with van der Waals surface area (Å²) in [6.07, 6.45) is 6.77. The van der Waals surface area contributed by atoms with Crippen LogP contribution in [0, 0.1) is 5.92 Å². The molecule has 0 saturated heterocycles. The third kappa shape index (κ3) is 4.87. The Balaban J connectivity index is 1.67. The molecule has 0 fully saturated rings. The Kier molecular flexibility index (Phi) is 8.80. The summed E-state index contributed by atoms with van der Waals surface area (Å²) in [5.74, 6) is -0.186. The zero-order valence-corrected chi connectivity index (χ0v) is 33.2. The zero-order valence-electron chi connectivity index (χ0n) is 30.2. The van der Waals surface area contributed by atoms with Gasteiger partial charge in [-0.15, -0.1) is 0 Å². The number of carbonyl (C=O) groups excluding carboxylic acids is 2. The molecule has 8 rings (SSSR count). The van der Waals surface area contributed by atoms with Gasteiger partial charge in [-0.2, -0.15) is 0 Å². The minimum absolute atomic E-state index is 0.0284. The van der Waals surface area contributed by atoms with Gasteiger partial charge in [0.15, 0.2) is 5.92 Å². The van der Waals surface area contributed by atoms with Crippen LogP contribution in [0.4, 0.5) is 0 Å². The van der Waals surface area contributed by atoms with Crippen LogP contribution in [-0.4, -0.2) is 32.4 Å². The number of aromatic nitrogens is 3. The maximum Gasteiger partial charge on any atom is 0.275 e. The Labute approximate surface area is 326 Å². The minimum Gasteiger partial charge on any atom is -0.860 e. The minimum atomic E-state index is -0.448. The van der Waals surface area contributed by atoms with Crippen LogP contribution in [0.25, 0.3) is 48.1 Å². The lowest BCUT2D eigenvalue weighted by Crippen LogP contribution is -2.43. The van der Waals surface area contributed by atoms with Crippen molar-refractivity contribution in [1.82, 2.24) is 14.0 Å². The standard InChI is InChI=1S/C41H37Cl4N4O4/c1-7-9-11-48-38(50)20-15-23(42)28-29-24(43)17-22-27-32(29)33(30-25(44)16-21(39(48)51)26(20)31(28)30)36(45)35(34(27)41(53)49(40(22)52)12-10-8-2)37-46(18(3)4)13-14-47(37)19(5)6/h13-19H,7-12H2,1-6H3. The highest BCUT2D eigenvalue weighted by Crippen LogP contribution is 2.52. The molecule has 2 aromatic heterocycles. The Hall–Kier alpha value is -3.82. The van der Waals surface area contributed by atoms with Gasteiger partial charge in [-0.05, 0) is 70.2 Å². The van der Waals surface area contributed by atoms with Gasteiger partial charge in [0.05, 0.1) is 28.2 Å². The molecule has 0 unspecified atom stereocenters. The van der Waals surface area contributed by atoms with E-state index >= 15 is 0 Å². The van der Waals surface area contributed by atoms with Gasteiger partial charge < -0.3 is 9.67 Å². The molecular weight excluding hydrogens is 754 g/mol. The van der Waals surface area contributed by atoms with Gasteiger partial charge in [-0.25, -0.2) is 9.13 Å². The van der Waals surface area contributed by atoms with Crippen LogP contribution < -0.4 is 20.5 Å². The van der Waals surface area contributed by atoms with E-state index in [1.807, 2.05) is 26.2 Å². The van der Waals surface area contributed by atoms with Crippen LogP contribution in [0.1, 0.15) is 111 Å². The Bertz CT molecular complexity index is 2700. The SMILES string of the molecule is CCCCN1C(=O)c2cc(Cl)c3c4c5c6c(c([O-])n(CCCC)c(=O)c6cc(Cl)c5c5c(Cl)cc(c2c35)C1=O)[C](c1n(C(C)C)cc[n+]1C(C)C)C=4Cl. The van der Waals surface area contributed by atoms with Gasteiger partial charge in [0.1, 0.15) is 12.4 Å². The molecule has 0 N–H and O–H groups in total. The van der Waals surface area contributed by atoms with Gasteiger partial charge in [-0.3, -0.25) is 19.3 Å². The number of imidazole rings is 1. The van der Waals surface area contributed by atoms with Crippen molar-refractivity contribution in [3.63, 3.8) is 0 Å². The third-order valence-corrected chi connectivity index (χ3v) is 12.1. The molecule has 53 heavy (non-hydrogen) atoms. The first-order chi connectivity index (χ1) is 25.3. The Morgan fingerprint density at radius 2 is 1.32 bits per heavy atom. The largest absolute Gasteiger partial charge is 0.860 e. The molecule has 2 aliphatic rings. The van der Waals surface area contributed by atoms with Crippen molar-refractivity contribution in [1.29, 1.82) is 0 Å². The molecular formula is C41H37Cl4N4O4. The van der Waals surface area contributed by atoms with E-state index in [0.29, 0.717) is 73.1 Å². The zero-order chi connectivity index (χ0) is 37.9. The van der Waals surface area contributed by atoms with Gasteiger partial charge in [-0.1, -0.05) is 73.1 Å². The van der Waals surface area contributed by atoms with Crippen molar-refractivity contribution < 1.29 is 19.3 Å². The van der Waals surface area contributed by atoms with E-state index in [9.17, 15) is 19.5 Å². The Morgan fingerprint density at radius 1 is 0.736 bits per heavy atom. The number of rotatable bonds is 9. The van der Waals surface area contributed by atoms with Crippen molar-refractivity contribution in [3.05, 3.63) is 89.7 Å². The quantitative estimate of drug-likeness (QED) is 0.0633. The van der Waals surface area contributed by atoms with Crippen molar-refractivity contribution in [2.45, 2.75) is 85.9 Å². The average Bonchev–Trinajstić information content (AvgIpc) is 3.56. The number of imide groups is 1. The fourth-order valence-corrected chi connectivity index (χ4v) is 9.66. The van der Waals surface area contributed by atoms with E-state index in [2.05, 4.69) is 36.8 Å². The fraction of sp³-hybridized carbons (Fsp3) is 0.341. The number of unbranched alkanes of at least 4 members (excludes halogenated alkanes) is 2. The number of fused-ring (bicyclic) bond motifs is 2. The molecule has 2 amide bonds. The maximum absolute atomic E-state index is 14.9. The van der Waals surface area contributed by atoms with Gasteiger partial charge >= 0.3 is 0 Å². The monoisotopic (exact) mass is 789 g/mol. The summed E-state index contributed by atoms with van der Waals surface area (Å²) in [6, 6.07) is 4.73. The summed E-state index contributed by atoms with van der Waals surface area (Å²) in [4.78, 5) is 43.8. The summed E-state index contributed by atoms with van der Waals surface area (Å²) < 4.78 is 5.43. The van der Waals surface area contributed by atoms with E-state index < -0.39 is 23.3 Å². The molecule has 0 bridgehead atoms. The van der Waals surface area contributed by atoms with E-state index in [0.717, 1.165) is 12.8 Å². The molecule has 8 nitrogen and oxygen atoms in total. The second kappa shape index (κ2) is 12.9. The first-order valence-corrected chi connectivity index (χ1v) is 19.6. The van der Waals surface area contributed by atoms with Crippen LogP contribution in [-0.2, 0) is 6.54 Å². The number of halogens is 4. The lowest BCUT2D eigenvalue weighted by Gasteiger charge is -2.32. The molecule has 1 aliphatic heterocycles. The predicted octanol–water partition coefficient (Wildman–Crippen LogP) is 8.99. The number of hydrogen-bond donors (Lipinski definition) is 0. The van der Waals surface area contributed by atoms with Crippen LogP contribution in [0.3, 0.4) is 0 Å². The lowest BCUT2D eigenvalue weighted by atomic mass is 9.79. The number of pyridine rings is 1. The van der Waals surface area contributed by atoms with E-state index in [1.165, 1.54) is 9.47 Å². The fourth-order valence-electron chi connectivity index (χ4n) is 8.40. The number of nitrogens with zero attached hydrogens (tertiary/aromatic N) is 4. The molecule has 0 saturated carbocycles. The predicted molar refractivity (Wildman–Crippen MR) is 212 cm³/mol. The second-order valence-corrected chi connectivity index (χ2v) is 16.2. The van der Waals surface area contributed by atoms with Crippen molar-refractivity contribution >= 4 is 106 Å². The maximum atomic E-state index is 14.9. The molecule has 0 spiro atoms. The normalized spacial score (nSPS) is 14.7. The van der Waals surface area contributed by atoms with Gasteiger partial charge in [0, 0.05) is 76.5 Å². The first kappa shape index (κ1) is 36.2. The number of carbonyl (C=O) groups is 2. The summed E-state index contributed by atoms with van der Waals surface area (Å²) in [6.45, 7) is 12.7. The Morgan fingerprint density at radius 3 is 1.92 bits per heavy atom. The lowest BCUT2D eigenvalue weighted by molar-refractivity contribution is -0.720. The highest BCUT2D eigenvalue weighted by atomic mass is 35.5. The highest BCUT2D eigenvalue weighted by Gasteiger charge is 2.42. The molecule has 273 valence electrons. The van der Waals surface area contributed by atoms with Gasteiger partial charge in [0.2, 0.25) is 0 Å². The van der Waals surface area contributed by atoms with Crippen LogP contribution in [0.15, 0.2) is 35.4 Å². The molecule has 6 aromatic rings. The first-order valence-electron chi connectivity index (χ1n) is 18.1. The van der Waals surface area contributed by atoms with Crippen molar-refractivity contribution in [2.75, 3.05) is 6.54 Å². The highest BCUT2D eigenvalue weighted by molar-refractivity contribution is 6.55. The smallest absolute Gasteiger partial charge is 0.275 e. The topological polar surface area (TPSA) is 91.2 Å². The summed E-state index contributed by atoms with van der Waals surface area (Å²) in [5.41, 5.74) is 0.408. The van der Waals surface area contributed by atoms with Gasteiger partial charge in [0.25, 0.3) is 23.2 Å². The van der Waals surface area contributed by atoms with Crippen LogP contribution >= 0.6 is 46.4 Å². The average molecular weight is 792 g/mol. The molecule has 1 radical (unpaired) electrons. The number of benzene rings is 4. The molecule has 4 aromatic carbocycles. The summed E-state index contributed by atoms with van der Waals surface area (Å²) >= 11 is 29.5. The summed E-state index contributed by atoms with van der Waals surface area (Å²) in [7, 11) is 0. The third-order valence-electron chi connectivity index (χ3n) is 10.8. The van der Waals surface area contributed by atoms with Crippen LogP contribution in [0.2, 0.25) is 15.1 Å². The molecule has 0 atom stereocenters. The van der Waals surface area contributed by atoms with E-state index in [1.54, 1.807) is 18.2 Å². The van der Waals surface area contributed by atoms with E-state index in [-0.39, 0.29) is 61.8 Å². The summed E-state index contributed by atoms with van der Waals surface area (Å²) in [5, 5.41) is 19.7. The molecule has 12 heteroatoms. The molecule has 3 heterocycles. The number of amides is 2. The molecule has 1 aliphatic carbocycles. The number of hydrogen-bond acceptors (Lipinski definition) is 4.